The molecule has 70 heavy (non-hydrogen) atoms. The first-order valence-corrected chi connectivity index (χ1v) is 27.4. The van der Waals surface area contributed by atoms with Crippen molar-refractivity contribution in [1.29, 1.82) is 0 Å². The zero-order chi connectivity index (χ0) is 54.2. The molecule has 2 rings (SSSR count). The molecule has 28 heteroatoms. The first-order chi connectivity index (χ1) is 30.3. The molecule has 12 N–H and O–H groups in total. The summed E-state index contributed by atoms with van der Waals surface area (Å²) in [5.41, 5.74) is 11.8. The summed E-state index contributed by atoms with van der Waals surface area (Å²) in [5, 5.41) is 50.6. The van der Waals surface area contributed by atoms with E-state index in [-0.39, 0.29) is 55.1 Å². The number of nitrogens with one attached hydrogen (secondary N) is 8. The number of nitrogens with two attached hydrogens (primary N) is 2. The number of rotatable bonds is 7. The van der Waals surface area contributed by atoms with Crippen LogP contribution in [0, 0.1) is 20.5 Å². The molecule has 0 aromatic carbocycles. The van der Waals surface area contributed by atoms with Gasteiger partial charge in [0.05, 0.1) is 24.0 Å². The van der Waals surface area contributed by atoms with Gasteiger partial charge in [-0.05, 0) is 136 Å². The molecule has 6 atom stereocenters. The van der Waals surface area contributed by atoms with Crippen LogP contribution in [0.3, 0.4) is 0 Å². The summed E-state index contributed by atoms with van der Waals surface area (Å²) >= 11 is 0. The van der Waals surface area contributed by atoms with Gasteiger partial charge in [-0.2, -0.15) is 0 Å². The number of carboxylic acids is 2. The third-order valence-corrected chi connectivity index (χ3v) is 14.9. The molecule has 0 spiro atoms. The Bertz CT molecular complexity index is 1230. The van der Waals surface area contributed by atoms with E-state index < -0.39 is 54.0 Å². The van der Waals surface area contributed by atoms with Gasteiger partial charge < -0.3 is 73.8 Å². The number of carboxylic acid groups (broad SMARTS) is 2. The van der Waals surface area contributed by atoms with Crippen molar-refractivity contribution in [1.82, 2.24) is 42.5 Å². The molecule has 0 saturated carbocycles. The minimum absolute atomic E-state index is 0. The Morgan fingerprint density at radius 3 is 0.757 bits per heavy atom. The molecule has 0 bridgehead atoms. The van der Waals surface area contributed by atoms with Crippen LogP contribution < -0.4 is 101 Å². The van der Waals surface area contributed by atoms with Crippen molar-refractivity contribution in [2.75, 3.05) is 52.4 Å². The van der Waals surface area contributed by atoms with Crippen molar-refractivity contribution in [3.8, 4) is 0 Å². The van der Waals surface area contributed by atoms with Crippen LogP contribution in [0.4, 0.5) is 0 Å². The minimum Gasteiger partial charge on any atom is -0.548 e. The maximum absolute atomic E-state index is 10.7. The zero-order valence-electron chi connectivity index (χ0n) is 44.2. The van der Waals surface area contributed by atoms with E-state index in [1.54, 1.807) is 27.7 Å². The van der Waals surface area contributed by atoms with Crippen LogP contribution in [0.1, 0.15) is 136 Å². The summed E-state index contributed by atoms with van der Waals surface area (Å²) in [4.78, 5) is 21.5. The molecule has 2 heterocycles. The molecule has 0 aromatic heterocycles. The largest absolute Gasteiger partial charge is 2.00 e. The Hall–Kier alpha value is 0.487. The summed E-state index contributed by atoms with van der Waals surface area (Å²) in [6, 6.07) is -0.168. The van der Waals surface area contributed by atoms with Crippen LogP contribution in [0.15, 0.2) is 0 Å². The third kappa shape index (κ3) is 49.4. The van der Waals surface area contributed by atoms with Crippen molar-refractivity contribution in [2.45, 2.75) is 204 Å². The normalized spacial score (nSPS) is 24.9. The predicted octanol–water partition coefficient (Wildman–Crippen LogP) is -8.49. The number of carbonyl (C=O) groups excluding carboxylic acids is 2. The molecule has 0 aliphatic carbocycles. The molecule has 0 unspecified atom stereocenters. The molecule has 2 saturated heterocycles. The number of hydrogen-bond donors (Lipinski definition) is 10. The van der Waals surface area contributed by atoms with Crippen molar-refractivity contribution in [3.05, 3.63) is 0 Å². The second-order valence-electron chi connectivity index (χ2n) is 21.2. The van der Waals surface area contributed by atoms with E-state index in [0.717, 1.165) is 78.0 Å². The van der Waals surface area contributed by atoms with Crippen LogP contribution in [0.5, 0.6) is 0 Å². The number of halogens is 2. The fourth-order valence-electron chi connectivity index (χ4n) is 7.40. The van der Waals surface area contributed by atoms with E-state index in [4.69, 9.17) is 48.7 Å². The van der Waals surface area contributed by atoms with Crippen molar-refractivity contribution in [2.24, 2.45) is 11.5 Å². The van der Waals surface area contributed by atoms with Gasteiger partial charge in [-0.15, -0.1) is 20.5 Å². The average Bonchev–Trinajstić information content (AvgIpc) is 3.12. The molecule has 2 aliphatic heterocycles. The smallest absolute Gasteiger partial charge is 0.548 e. The van der Waals surface area contributed by atoms with E-state index >= 15 is 0 Å². The van der Waals surface area contributed by atoms with Crippen molar-refractivity contribution < 1.29 is 111 Å². The molecule has 0 amide bonds. The Morgan fingerprint density at radius 2 is 0.614 bits per heavy atom. The van der Waals surface area contributed by atoms with E-state index in [9.17, 15) is 19.8 Å². The van der Waals surface area contributed by atoms with E-state index in [1.165, 1.54) is 21.6 Å². The van der Waals surface area contributed by atoms with Crippen molar-refractivity contribution >= 4 is 33.5 Å². The zero-order valence-corrected chi connectivity index (χ0v) is 49.3. The SMILES string of the molecule is CC(C)(SSC(C)(C)[C@@H](N)C(=O)[O-])[C@@H](N)C(=O)[O-].C[C@@H]1CC(C)(C)NCCN[C@H](C)CC(C)(C)NCCN1.C[C@@H]1CC(C)(C)NCCN[C@H](C)CC(C)(C)NCCN1.[Ni+2].[Ni+2].[O-][Cl+3]([O-])([O-])[O-].[O-][Cl+3]([O-])([O-])[O-]. The second kappa shape index (κ2) is 36.5. The Morgan fingerprint density at radius 1 is 0.457 bits per heavy atom. The topological polar surface area (TPSA) is 413 Å². The average molecular weight is 1180 g/mol. The van der Waals surface area contributed by atoms with Crippen LogP contribution in [0.25, 0.3) is 0 Å². The summed E-state index contributed by atoms with van der Waals surface area (Å²) in [7, 11) is -7.55. The van der Waals surface area contributed by atoms with Gasteiger partial charge in [0.1, 0.15) is 0 Å². The summed E-state index contributed by atoms with van der Waals surface area (Å²) < 4.78 is 66.3. The summed E-state index contributed by atoms with van der Waals surface area (Å²) in [6.45, 7) is 42.3. The molecular formula is C42H90Cl2N10Ni2O12S2. The Balaban J connectivity index is -0.000000271. The first kappa shape index (κ1) is 79.4. The fraction of sp³-hybridized carbons (Fsp3) is 0.952. The molecule has 0 aromatic rings. The Labute approximate surface area is 452 Å². The van der Waals surface area contributed by atoms with Gasteiger partial charge in [0.25, 0.3) is 0 Å². The summed E-state index contributed by atoms with van der Waals surface area (Å²) in [5.74, 6) is -2.70. The molecular weight excluding hydrogens is 1090 g/mol. The monoisotopic (exact) mass is 1180 g/mol. The van der Waals surface area contributed by atoms with Gasteiger partial charge in [-0.25, -0.2) is 37.3 Å². The standard InChI is InChI=1S/2C16H36N4.C10H20N2O4S2.2ClHO4.2Ni/c2*1-13-11-15(3,4)19-10-8-18-14(2)12-16(5,6)20-9-7-17-13;1-9(2,5(11)7(13)14)17-18-10(3,4)6(12)8(15)16;2*2-1(3,4)5;;/h2*13-14,17-20H,7-12H2,1-6H3;5-6H,11-12H2,1-4H3,(H,13,14)(H,15,16);2*(H,2,3,4,5);;/q;;;;;2*+2/p-4/t2*13-,14-;5-,6-;;;;/m110..../s1. The molecule has 426 valence electrons. The van der Waals surface area contributed by atoms with Gasteiger partial charge in [0, 0.05) is 108 Å². The van der Waals surface area contributed by atoms with Crippen LogP contribution in [0.2, 0.25) is 0 Å². The number of hydrogen-bond acceptors (Lipinski definition) is 24. The molecule has 0 radical (unpaired) electrons. The van der Waals surface area contributed by atoms with Gasteiger partial charge in [0.15, 0.2) is 0 Å². The quantitative estimate of drug-likeness (QED) is 0.0836. The van der Waals surface area contributed by atoms with Crippen LogP contribution >= 0.6 is 21.6 Å². The van der Waals surface area contributed by atoms with Crippen LogP contribution in [-0.4, -0.2) is 132 Å². The maximum Gasteiger partial charge on any atom is 2.00 e. The fourth-order valence-corrected chi connectivity index (χ4v) is 10.1. The number of carbonyl (C=O) groups is 2. The first-order valence-electron chi connectivity index (χ1n) is 22.8. The van der Waals surface area contributed by atoms with E-state index in [2.05, 4.69) is 126 Å². The van der Waals surface area contributed by atoms with Gasteiger partial charge in [-0.3, -0.25) is 0 Å². The molecule has 2 fully saturated rings. The third-order valence-electron chi connectivity index (χ3n) is 10.6. The minimum atomic E-state index is -4.94. The maximum atomic E-state index is 10.7. The van der Waals surface area contributed by atoms with Gasteiger partial charge >= 0.3 is 33.0 Å². The predicted molar refractivity (Wildman–Crippen MR) is 246 cm³/mol. The Kier molecular flexibility index (Phi) is 41.4. The van der Waals surface area contributed by atoms with E-state index in [0.29, 0.717) is 24.2 Å². The number of aliphatic carboxylic acids is 2. The van der Waals surface area contributed by atoms with Crippen LogP contribution in [-0.2, 0) is 42.6 Å². The van der Waals surface area contributed by atoms with Gasteiger partial charge in [0.2, 0.25) is 0 Å². The summed E-state index contributed by atoms with van der Waals surface area (Å²) in [6.07, 6.45) is 4.58. The molecule has 2 aliphatic rings. The van der Waals surface area contributed by atoms with Gasteiger partial charge in [-0.1, -0.05) is 21.6 Å². The molecule has 22 nitrogen and oxygen atoms in total. The second-order valence-corrected chi connectivity index (χ2v) is 26.2. The van der Waals surface area contributed by atoms with Crippen molar-refractivity contribution in [3.63, 3.8) is 0 Å². The van der Waals surface area contributed by atoms with E-state index in [1.807, 2.05) is 0 Å².